The molecular formula is C22H25N7O2. The van der Waals surface area contributed by atoms with Gasteiger partial charge >= 0.3 is 6.03 Å². The lowest BCUT2D eigenvalue weighted by Gasteiger charge is -2.24. The van der Waals surface area contributed by atoms with Gasteiger partial charge in [-0.15, -0.1) is 5.10 Å². The molecule has 2 aromatic carbocycles. The highest BCUT2D eigenvalue weighted by Crippen LogP contribution is 2.22. The first-order chi connectivity index (χ1) is 15.0. The Labute approximate surface area is 180 Å². The molecule has 0 saturated carbocycles. The van der Waals surface area contributed by atoms with Crippen molar-refractivity contribution < 1.29 is 9.59 Å². The molecule has 0 aliphatic carbocycles. The van der Waals surface area contributed by atoms with Crippen LogP contribution in [-0.4, -0.2) is 49.6 Å². The number of hydrogen-bond acceptors (Lipinski definition) is 5. The monoisotopic (exact) mass is 419 g/mol. The second-order valence-electron chi connectivity index (χ2n) is 7.85. The minimum absolute atomic E-state index is 0.196. The van der Waals surface area contributed by atoms with Gasteiger partial charge in [0.05, 0.1) is 5.69 Å². The largest absolute Gasteiger partial charge is 0.324 e. The molecule has 0 spiro atoms. The predicted molar refractivity (Wildman–Crippen MR) is 117 cm³/mol. The zero-order valence-electron chi connectivity index (χ0n) is 17.5. The number of aromatic nitrogens is 4. The molecule has 3 amide bonds. The summed E-state index contributed by atoms with van der Waals surface area (Å²) < 4.78 is 1.53. The van der Waals surface area contributed by atoms with E-state index in [4.69, 9.17) is 0 Å². The average Bonchev–Trinajstić information content (AvgIpc) is 3.47. The fraction of sp³-hybridized carbons (Fsp3) is 0.318. The van der Waals surface area contributed by atoms with Crippen LogP contribution in [0.25, 0.3) is 5.69 Å². The van der Waals surface area contributed by atoms with Gasteiger partial charge in [0.25, 0.3) is 0 Å². The first-order valence-corrected chi connectivity index (χ1v) is 10.3. The Morgan fingerprint density at radius 3 is 2.32 bits per heavy atom. The first kappa shape index (κ1) is 20.5. The van der Waals surface area contributed by atoms with E-state index in [0.29, 0.717) is 24.6 Å². The van der Waals surface area contributed by atoms with E-state index in [9.17, 15) is 9.59 Å². The molecule has 2 heterocycles. The Balaban J connectivity index is 1.38. The third kappa shape index (κ3) is 4.71. The normalized spacial score (nSPS) is 15.8. The number of nitrogens with zero attached hydrogens (tertiary/aromatic N) is 5. The molecule has 1 fully saturated rings. The number of urea groups is 1. The molecule has 2 N–H and O–H groups in total. The Hall–Kier alpha value is -3.75. The van der Waals surface area contributed by atoms with E-state index in [2.05, 4.69) is 40.0 Å². The lowest BCUT2D eigenvalue weighted by atomic mass is 10.0. The van der Waals surface area contributed by atoms with Gasteiger partial charge in [0.15, 0.2) is 0 Å². The van der Waals surface area contributed by atoms with Crippen molar-refractivity contribution in [2.45, 2.75) is 38.6 Å². The summed E-state index contributed by atoms with van der Waals surface area (Å²) >= 11 is 0. The molecule has 1 aliphatic rings. The molecule has 0 radical (unpaired) electrons. The average molecular weight is 419 g/mol. The molecule has 1 aliphatic heterocycles. The van der Waals surface area contributed by atoms with Crippen LogP contribution in [0.3, 0.4) is 0 Å². The van der Waals surface area contributed by atoms with Gasteiger partial charge in [-0.25, -0.2) is 9.48 Å². The van der Waals surface area contributed by atoms with Crippen molar-refractivity contribution in [3.63, 3.8) is 0 Å². The summed E-state index contributed by atoms with van der Waals surface area (Å²) in [7, 11) is 0. The van der Waals surface area contributed by atoms with Crippen molar-refractivity contribution in [1.82, 2.24) is 25.1 Å². The second-order valence-corrected chi connectivity index (χ2v) is 7.85. The molecule has 1 saturated heterocycles. The molecule has 9 nitrogen and oxygen atoms in total. The lowest BCUT2D eigenvalue weighted by molar-refractivity contribution is -0.119. The first-order valence-electron chi connectivity index (χ1n) is 10.3. The Morgan fingerprint density at radius 1 is 1.00 bits per heavy atom. The van der Waals surface area contributed by atoms with E-state index in [0.717, 1.165) is 17.8 Å². The van der Waals surface area contributed by atoms with Crippen molar-refractivity contribution in [2.24, 2.45) is 0 Å². The van der Waals surface area contributed by atoms with Crippen molar-refractivity contribution in [3.8, 4) is 5.69 Å². The van der Waals surface area contributed by atoms with E-state index in [1.165, 1.54) is 16.6 Å². The maximum absolute atomic E-state index is 12.8. The number of benzene rings is 2. The number of amides is 3. The minimum Gasteiger partial charge on any atom is -0.324 e. The van der Waals surface area contributed by atoms with Crippen molar-refractivity contribution in [2.75, 3.05) is 17.2 Å². The zero-order chi connectivity index (χ0) is 21.8. The van der Waals surface area contributed by atoms with Crippen LogP contribution in [0.2, 0.25) is 0 Å². The number of likely N-dealkylation sites (tertiary alicyclic amines) is 1. The van der Waals surface area contributed by atoms with Crippen LogP contribution >= 0.6 is 0 Å². The molecule has 160 valence electrons. The van der Waals surface area contributed by atoms with Gasteiger partial charge in [-0.1, -0.05) is 26.0 Å². The van der Waals surface area contributed by atoms with Gasteiger partial charge in [0, 0.05) is 17.9 Å². The van der Waals surface area contributed by atoms with Crippen LogP contribution in [0.1, 0.15) is 38.2 Å². The predicted octanol–water partition coefficient (Wildman–Crippen LogP) is 3.42. The Morgan fingerprint density at radius 2 is 1.68 bits per heavy atom. The van der Waals surface area contributed by atoms with Gasteiger partial charge in [-0.3, -0.25) is 4.79 Å². The lowest BCUT2D eigenvalue weighted by Crippen LogP contribution is -2.45. The van der Waals surface area contributed by atoms with Gasteiger partial charge in [-0.05, 0) is 71.1 Å². The van der Waals surface area contributed by atoms with E-state index in [1.54, 1.807) is 17.0 Å². The maximum Gasteiger partial charge on any atom is 0.322 e. The van der Waals surface area contributed by atoms with Crippen molar-refractivity contribution in [1.29, 1.82) is 0 Å². The van der Waals surface area contributed by atoms with E-state index in [1.807, 2.05) is 36.4 Å². The van der Waals surface area contributed by atoms with Crippen LogP contribution < -0.4 is 10.6 Å². The molecule has 1 atom stereocenters. The molecular weight excluding hydrogens is 394 g/mol. The minimum atomic E-state index is -0.505. The van der Waals surface area contributed by atoms with E-state index in [-0.39, 0.29) is 11.9 Å². The van der Waals surface area contributed by atoms with Gasteiger partial charge in [0.2, 0.25) is 5.91 Å². The quantitative estimate of drug-likeness (QED) is 0.659. The smallest absolute Gasteiger partial charge is 0.322 e. The fourth-order valence-corrected chi connectivity index (χ4v) is 3.63. The fourth-order valence-electron chi connectivity index (χ4n) is 3.63. The highest BCUT2D eigenvalue weighted by atomic mass is 16.2. The SMILES string of the molecule is CC(C)c1ccc(NC(=O)N2CCC[C@H]2C(=O)Nc2ccc(-n3cnnn3)cc2)cc1. The standard InChI is InChI=1S/C22H25N7O2/c1-15(2)16-5-7-18(8-6-16)25-22(31)28-13-3-4-20(28)21(30)24-17-9-11-19(12-10-17)29-14-23-26-27-29/h5-12,14-15,20H,3-4,13H2,1-2H3,(H,24,30)(H,25,31)/t20-/m0/s1. The third-order valence-electron chi connectivity index (χ3n) is 5.39. The van der Waals surface area contributed by atoms with Gasteiger partial charge < -0.3 is 15.5 Å². The Bertz CT molecular complexity index is 1030. The topological polar surface area (TPSA) is 105 Å². The van der Waals surface area contributed by atoms with E-state index < -0.39 is 6.04 Å². The van der Waals surface area contributed by atoms with Crippen LogP contribution in [0, 0.1) is 0 Å². The summed E-state index contributed by atoms with van der Waals surface area (Å²) in [5, 5.41) is 16.9. The molecule has 4 rings (SSSR count). The number of carbonyl (C=O) groups excluding carboxylic acids is 2. The van der Waals surface area contributed by atoms with Crippen LogP contribution in [0.4, 0.5) is 16.2 Å². The highest BCUT2D eigenvalue weighted by Gasteiger charge is 2.34. The van der Waals surface area contributed by atoms with Crippen molar-refractivity contribution >= 4 is 23.3 Å². The summed E-state index contributed by atoms with van der Waals surface area (Å²) in [4.78, 5) is 27.2. The summed E-state index contributed by atoms with van der Waals surface area (Å²) in [6.45, 7) is 4.80. The molecule has 1 aromatic heterocycles. The van der Waals surface area contributed by atoms with Gasteiger partial charge in [-0.2, -0.15) is 0 Å². The summed E-state index contributed by atoms with van der Waals surface area (Å²) in [5.74, 6) is 0.233. The second kappa shape index (κ2) is 8.95. The van der Waals surface area contributed by atoms with Crippen molar-refractivity contribution in [3.05, 3.63) is 60.4 Å². The molecule has 31 heavy (non-hydrogen) atoms. The third-order valence-corrected chi connectivity index (χ3v) is 5.39. The summed E-state index contributed by atoms with van der Waals surface area (Å²) in [5.41, 5.74) is 3.37. The highest BCUT2D eigenvalue weighted by molar-refractivity contribution is 5.99. The molecule has 9 heteroatoms. The summed E-state index contributed by atoms with van der Waals surface area (Å²) in [6.07, 6.45) is 2.92. The molecule has 3 aromatic rings. The zero-order valence-corrected chi connectivity index (χ0v) is 17.5. The molecule has 0 unspecified atom stereocenters. The van der Waals surface area contributed by atoms with E-state index >= 15 is 0 Å². The Kier molecular flexibility index (Phi) is 5.92. The number of nitrogens with one attached hydrogen (secondary N) is 2. The number of tetrazole rings is 1. The summed E-state index contributed by atoms with van der Waals surface area (Å²) in [6, 6.07) is 14.2. The number of hydrogen-bond donors (Lipinski definition) is 2. The number of rotatable bonds is 5. The number of anilines is 2. The van der Waals surface area contributed by atoms with Crippen LogP contribution in [0.5, 0.6) is 0 Å². The molecule has 0 bridgehead atoms. The van der Waals surface area contributed by atoms with Crippen LogP contribution in [0.15, 0.2) is 54.9 Å². The maximum atomic E-state index is 12.8. The van der Waals surface area contributed by atoms with Gasteiger partial charge in [0.1, 0.15) is 12.4 Å². The number of carbonyl (C=O) groups is 2. The van der Waals surface area contributed by atoms with Crippen LogP contribution in [-0.2, 0) is 4.79 Å².